The number of nitrogens with zero attached hydrogens (tertiary/aromatic N) is 1. The molecule has 0 unspecified atom stereocenters. The van der Waals surface area contributed by atoms with Crippen molar-refractivity contribution in [2.24, 2.45) is 0 Å². The molecule has 0 aliphatic carbocycles. The van der Waals surface area contributed by atoms with Crippen LogP contribution in [0.4, 0.5) is 0 Å². The Morgan fingerprint density at radius 1 is 1.15 bits per heavy atom. The van der Waals surface area contributed by atoms with Crippen LogP contribution in [0.3, 0.4) is 0 Å². The molecule has 0 saturated heterocycles. The SMILES string of the molecule is CCOc1cccn(CCOc2cccc(C)c2)c1=O. The smallest absolute Gasteiger partial charge is 0.292 e. The molecule has 1 aromatic heterocycles. The van der Waals surface area contributed by atoms with E-state index < -0.39 is 0 Å². The van der Waals surface area contributed by atoms with Crippen LogP contribution in [-0.4, -0.2) is 17.8 Å². The van der Waals surface area contributed by atoms with Gasteiger partial charge >= 0.3 is 0 Å². The Bertz CT molecular complexity index is 619. The van der Waals surface area contributed by atoms with Crippen molar-refractivity contribution in [3.63, 3.8) is 0 Å². The number of hydrogen-bond donors (Lipinski definition) is 0. The Kier molecular flexibility index (Phi) is 4.82. The Labute approximate surface area is 118 Å². The summed E-state index contributed by atoms with van der Waals surface area (Å²) in [5, 5.41) is 0. The second-order valence-corrected chi connectivity index (χ2v) is 4.47. The molecule has 0 spiro atoms. The van der Waals surface area contributed by atoms with E-state index in [0.29, 0.717) is 25.5 Å². The van der Waals surface area contributed by atoms with Crippen molar-refractivity contribution in [1.29, 1.82) is 0 Å². The molecule has 2 aromatic rings. The van der Waals surface area contributed by atoms with E-state index in [2.05, 4.69) is 0 Å². The second-order valence-electron chi connectivity index (χ2n) is 4.47. The van der Waals surface area contributed by atoms with Crippen LogP contribution in [0.5, 0.6) is 11.5 Å². The van der Waals surface area contributed by atoms with Gasteiger partial charge in [-0.25, -0.2) is 0 Å². The highest BCUT2D eigenvalue weighted by atomic mass is 16.5. The molecule has 0 saturated carbocycles. The Balaban J connectivity index is 1.97. The topological polar surface area (TPSA) is 40.5 Å². The van der Waals surface area contributed by atoms with E-state index in [9.17, 15) is 4.79 Å². The van der Waals surface area contributed by atoms with E-state index in [0.717, 1.165) is 11.3 Å². The van der Waals surface area contributed by atoms with Gasteiger partial charge in [-0.05, 0) is 43.7 Å². The van der Waals surface area contributed by atoms with Gasteiger partial charge in [0.05, 0.1) is 13.2 Å². The fourth-order valence-corrected chi connectivity index (χ4v) is 1.92. The number of pyridine rings is 1. The van der Waals surface area contributed by atoms with E-state index >= 15 is 0 Å². The highest BCUT2D eigenvalue weighted by molar-refractivity contribution is 5.27. The normalized spacial score (nSPS) is 10.3. The maximum atomic E-state index is 12.0. The minimum atomic E-state index is -0.123. The molecule has 0 fully saturated rings. The molecular formula is C16H19NO3. The lowest BCUT2D eigenvalue weighted by Gasteiger charge is -2.10. The lowest BCUT2D eigenvalue weighted by Crippen LogP contribution is -2.23. The maximum Gasteiger partial charge on any atom is 0.292 e. The Morgan fingerprint density at radius 2 is 2.00 bits per heavy atom. The molecule has 1 aromatic carbocycles. The van der Waals surface area contributed by atoms with Gasteiger partial charge in [-0.1, -0.05) is 12.1 Å². The molecule has 2 rings (SSSR count). The number of rotatable bonds is 6. The molecule has 106 valence electrons. The first kappa shape index (κ1) is 14.2. The molecule has 4 heteroatoms. The lowest BCUT2D eigenvalue weighted by atomic mass is 10.2. The Morgan fingerprint density at radius 3 is 2.75 bits per heavy atom. The molecular weight excluding hydrogens is 254 g/mol. The van der Waals surface area contributed by atoms with Crippen molar-refractivity contribution in [3.8, 4) is 11.5 Å². The summed E-state index contributed by atoms with van der Waals surface area (Å²) in [6, 6.07) is 11.3. The number of aromatic nitrogens is 1. The molecule has 0 N–H and O–H groups in total. The van der Waals surface area contributed by atoms with Gasteiger partial charge in [-0.3, -0.25) is 4.79 Å². The molecule has 0 bridgehead atoms. The zero-order valence-corrected chi connectivity index (χ0v) is 11.8. The van der Waals surface area contributed by atoms with Crippen molar-refractivity contribution in [2.75, 3.05) is 13.2 Å². The maximum absolute atomic E-state index is 12.0. The minimum Gasteiger partial charge on any atom is -0.492 e. The predicted molar refractivity (Wildman–Crippen MR) is 78.5 cm³/mol. The summed E-state index contributed by atoms with van der Waals surface area (Å²) in [5.74, 6) is 1.20. The highest BCUT2D eigenvalue weighted by Gasteiger charge is 2.03. The van der Waals surface area contributed by atoms with Crippen molar-refractivity contribution in [2.45, 2.75) is 20.4 Å². The number of ether oxygens (including phenoxy) is 2. The summed E-state index contributed by atoms with van der Waals surface area (Å²) in [6.07, 6.45) is 1.74. The second kappa shape index (κ2) is 6.80. The molecule has 0 amide bonds. The largest absolute Gasteiger partial charge is 0.492 e. The molecule has 0 atom stereocenters. The number of hydrogen-bond acceptors (Lipinski definition) is 3. The molecule has 0 aliphatic rings. The molecule has 1 heterocycles. The van der Waals surface area contributed by atoms with E-state index in [1.165, 1.54) is 0 Å². The van der Waals surface area contributed by atoms with E-state index in [1.807, 2.05) is 38.1 Å². The van der Waals surface area contributed by atoms with Crippen LogP contribution in [0.2, 0.25) is 0 Å². The van der Waals surface area contributed by atoms with Crippen LogP contribution < -0.4 is 15.0 Å². The first-order valence-corrected chi connectivity index (χ1v) is 6.72. The van der Waals surface area contributed by atoms with Gasteiger partial charge in [0.1, 0.15) is 12.4 Å². The van der Waals surface area contributed by atoms with Gasteiger partial charge in [0, 0.05) is 6.20 Å². The quantitative estimate of drug-likeness (QED) is 0.812. The monoisotopic (exact) mass is 273 g/mol. The third kappa shape index (κ3) is 3.63. The van der Waals surface area contributed by atoms with Crippen molar-refractivity contribution < 1.29 is 9.47 Å². The molecule has 4 nitrogen and oxygen atoms in total. The first-order valence-electron chi connectivity index (χ1n) is 6.72. The average Bonchev–Trinajstić information content (AvgIpc) is 2.43. The van der Waals surface area contributed by atoms with Crippen molar-refractivity contribution in [1.82, 2.24) is 4.57 Å². The predicted octanol–water partition coefficient (Wildman–Crippen LogP) is 2.63. The van der Waals surface area contributed by atoms with Crippen LogP contribution in [0.1, 0.15) is 12.5 Å². The summed E-state index contributed by atoms with van der Waals surface area (Å²) < 4.78 is 12.5. The lowest BCUT2D eigenvalue weighted by molar-refractivity contribution is 0.291. The molecule has 20 heavy (non-hydrogen) atoms. The Hall–Kier alpha value is -2.23. The summed E-state index contributed by atoms with van der Waals surface area (Å²) in [5.41, 5.74) is 1.03. The van der Waals surface area contributed by atoms with Gasteiger partial charge in [-0.2, -0.15) is 0 Å². The fraction of sp³-hybridized carbons (Fsp3) is 0.312. The van der Waals surface area contributed by atoms with Crippen molar-refractivity contribution in [3.05, 3.63) is 58.5 Å². The summed E-state index contributed by atoms with van der Waals surface area (Å²) in [4.78, 5) is 12.0. The van der Waals surface area contributed by atoms with Gasteiger partial charge in [0.2, 0.25) is 0 Å². The third-order valence-electron chi connectivity index (χ3n) is 2.88. The van der Waals surface area contributed by atoms with E-state index in [1.54, 1.807) is 22.9 Å². The zero-order valence-electron chi connectivity index (χ0n) is 11.8. The number of benzene rings is 1. The first-order chi connectivity index (χ1) is 9.70. The highest BCUT2D eigenvalue weighted by Crippen LogP contribution is 2.12. The van der Waals surface area contributed by atoms with Crippen LogP contribution in [-0.2, 0) is 6.54 Å². The fourth-order valence-electron chi connectivity index (χ4n) is 1.92. The average molecular weight is 273 g/mol. The summed E-state index contributed by atoms with van der Waals surface area (Å²) >= 11 is 0. The van der Waals surface area contributed by atoms with Gasteiger partial charge in [0.15, 0.2) is 5.75 Å². The number of aryl methyl sites for hydroxylation is 1. The van der Waals surface area contributed by atoms with E-state index in [-0.39, 0.29) is 5.56 Å². The van der Waals surface area contributed by atoms with Crippen LogP contribution in [0.25, 0.3) is 0 Å². The molecule has 0 radical (unpaired) electrons. The van der Waals surface area contributed by atoms with Crippen LogP contribution in [0, 0.1) is 6.92 Å². The zero-order chi connectivity index (χ0) is 14.4. The van der Waals surface area contributed by atoms with Crippen LogP contribution in [0.15, 0.2) is 47.4 Å². The van der Waals surface area contributed by atoms with Gasteiger partial charge in [0.25, 0.3) is 5.56 Å². The molecule has 0 aliphatic heterocycles. The summed E-state index contributed by atoms with van der Waals surface area (Å²) in [6.45, 7) is 5.30. The van der Waals surface area contributed by atoms with Gasteiger partial charge < -0.3 is 14.0 Å². The standard InChI is InChI=1S/C16H19NO3/c1-3-19-15-8-5-9-17(16(15)18)10-11-20-14-7-4-6-13(2)12-14/h4-9,12H,3,10-11H2,1-2H3. The van der Waals surface area contributed by atoms with Crippen molar-refractivity contribution >= 4 is 0 Å². The van der Waals surface area contributed by atoms with Gasteiger partial charge in [-0.15, -0.1) is 0 Å². The summed E-state index contributed by atoms with van der Waals surface area (Å²) in [7, 11) is 0. The minimum absolute atomic E-state index is 0.123. The van der Waals surface area contributed by atoms with Crippen LogP contribution >= 0.6 is 0 Å². The third-order valence-corrected chi connectivity index (χ3v) is 2.88. The van der Waals surface area contributed by atoms with E-state index in [4.69, 9.17) is 9.47 Å².